The third-order valence-electron chi connectivity index (χ3n) is 4.80. The summed E-state index contributed by atoms with van der Waals surface area (Å²) in [4.78, 5) is 17.5. The highest BCUT2D eigenvalue weighted by Gasteiger charge is 2.40. The first-order valence-corrected chi connectivity index (χ1v) is 9.35. The minimum absolute atomic E-state index is 0.0949. The molecule has 0 saturated heterocycles. The lowest BCUT2D eigenvalue weighted by Crippen LogP contribution is -2.50. The molecule has 3 aromatic rings. The van der Waals surface area contributed by atoms with Gasteiger partial charge in [-0.1, -0.05) is 48.2 Å². The maximum Gasteiger partial charge on any atom is 0.272 e. The summed E-state index contributed by atoms with van der Waals surface area (Å²) in [5.41, 5.74) is 2.28. The van der Waals surface area contributed by atoms with Crippen LogP contribution in [0.15, 0.2) is 59.9 Å². The first-order chi connectivity index (χ1) is 11.7. The van der Waals surface area contributed by atoms with Crippen molar-refractivity contribution in [1.82, 2.24) is 14.7 Å². The van der Waals surface area contributed by atoms with Crippen molar-refractivity contribution < 1.29 is 4.79 Å². The molecule has 4 nitrogen and oxygen atoms in total. The number of imidazole rings is 1. The molecule has 0 unspecified atom stereocenters. The lowest BCUT2D eigenvalue weighted by Gasteiger charge is -2.43. The number of fused-ring (bicyclic) bond motifs is 1. The van der Waals surface area contributed by atoms with Gasteiger partial charge in [0.2, 0.25) is 0 Å². The molecule has 0 aliphatic heterocycles. The Balaban J connectivity index is 1.70. The molecule has 1 amide bonds. The molecule has 4 rings (SSSR count). The Bertz CT molecular complexity index is 884. The number of benzene rings is 1. The molecule has 2 heterocycles. The van der Waals surface area contributed by atoms with Gasteiger partial charge < -0.3 is 5.32 Å². The standard InChI is InChI=1S/C19H19N3OS/c1-24-18-20-16(15-10-5-6-13-22(15)18)17(23)21-19(11-7-12-19)14-8-3-2-4-9-14/h2-6,8-10,13H,7,11-12H2,1H3,(H,21,23). The van der Waals surface area contributed by atoms with Gasteiger partial charge in [0, 0.05) is 6.20 Å². The molecule has 1 aliphatic rings. The Kier molecular flexibility index (Phi) is 3.81. The molecule has 0 atom stereocenters. The number of nitrogens with zero attached hydrogens (tertiary/aromatic N) is 2. The highest BCUT2D eigenvalue weighted by molar-refractivity contribution is 7.98. The minimum Gasteiger partial charge on any atom is -0.341 e. The van der Waals surface area contributed by atoms with Gasteiger partial charge in [0.05, 0.1) is 11.1 Å². The van der Waals surface area contributed by atoms with Crippen molar-refractivity contribution >= 4 is 23.2 Å². The Morgan fingerprint density at radius 2 is 1.92 bits per heavy atom. The number of aromatic nitrogens is 2. The Labute approximate surface area is 145 Å². The lowest BCUT2D eigenvalue weighted by atomic mass is 9.71. The van der Waals surface area contributed by atoms with Crippen LogP contribution in [0.3, 0.4) is 0 Å². The number of hydrogen-bond donors (Lipinski definition) is 1. The third-order valence-corrected chi connectivity index (χ3v) is 5.45. The summed E-state index contributed by atoms with van der Waals surface area (Å²) in [6, 6.07) is 16.1. The van der Waals surface area contributed by atoms with E-state index in [2.05, 4.69) is 22.4 Å². The van der Waals surface area contributed by atoms with E-state index in [4.69, 9.17) is 0 Å². The van der Waals surface area contributed by atoms with Crippen LogP contribution in [-0.2, 0) is 5.54 Å². The van der Waals surface area contributed by atoms with Gasteiger partial charge >= 0.3 is 0 Å². The SMILES string of the molecule is CSc1nc(C(=O)NC2(c3ccccc3)CCC2)c2ccccn12. The number of thioether (sulfide) groups is 1. The Morgan fingerprint density at radius 3 is 2.58 bits per heavy atom. The number of carbonyl (C=O) groups excluding carboxylic acids is 1. The zero-order valence-electron chi connectivity index (χ0n) is 13.5. The van der Waals surface area contributed by atoms with E-state index in [1.807, 2.05) is 53.3 Å². The fourth-order valence-electron chi connectivity index (χ4n) is 3.37. The van der Waals surface area contributed by atoms with E-state index in [1.165, 1.54) is 5.56 Å². The molecule has 5 heteroatoms. The van der Waals surface area contributed by atoms with E-state index in [9.17, 15) is 4.79 Å². The average molecular weight is 337 g/mol. The van der Waals surface area contributed by atoms with Crippen LogP contribution in [0, 0.1) is 0 Å². The van der Waals surface area contributed by atoms with Crippen molar-refractivity contribution in [3.8, 4) is 0 Å². The highest BCUT2D eigenvalue weighted by Crippen LogP contribution is 2.41. The topological polar surface area (TPSA) is 46.4 Å². The zero-order valence-corrected chi connectivity index (χ0v) is 14.3. The van der Waals surface area contributed by atoms with Crippen LogP contribution < -0.4 is 5.32 Å². The van der Waals surface area contributed by atoms with Crippen molar-refractivity contribution in [2.24, 2.45) is 0 Å². The summed E-state index contributed by atoms with van der Waals surface area (Å²) in [6.45, 7) is 0. The van der Waals surface area contributed by atoms with Crippen molar-refractivity contribution in [3.05, 3.63) is 66.0 Å². The maximum atomic E-state index is 13.0. The first-order valence-electron chi connectivity index (χ1n) is 8.13. The predicted molar refractivity (Wildman–Crippen MR) is 96.4 cm³/mol. The fraction of sp³-hybridized carbons (Fsp3) is 0.263. The molecular formula is C19H19N3OS. The second-order valence-electron chi connectivity index (χ2n) is 6.16. The van der Waals surface area contributed by atoms with Gasteiger partial charge in [-0.25, -0.2) is 4.98 Å². The van der Waals surface area contributed by atoms with E-state index < -0.39 is 0 Å². The van der Waals surface area contributed by atoms with Crippen LogP contribution in [0.25, 0.3) is 5.52 Å². The number of carbonyl (C=O) groups is 1. The molecule has 1 N–H and O–H groups in total. The van der Waals surface area contributed by atoms with Crippen LogP contribution in [0.5, 0.6) is 0 Å². The van der Waals surface area contributed by atoms with Gasteiger partial charge in [0.1, 0.15) is 0 Å². The summed E-state index contributed by atoms with van der Waals surface area (Å²) in [7, 11) is 0. The molecule has 1 aromatic carbocycles. The van der Waals surface area contributed by atoms with Gasteiger partial charge in [-0.05, 0) is 43.2 Å². The van der Waals surface area contributed by atoms with Crippen LogP contribution >= 0.6 is 11.8 Å². The van der Waals surface area contributed by atoms with E-state index in [1.54, 1.807) is 11.8 Å². The minimum atomic E-state index is -0.247. The number of pyridine rings is 1. The van der Waals surface area contributed by atoms with Crippen molar-refractivity contribution in [1.29, 1.82) is 0 Å². The summed E-state index contributed by atoms with van der Waals surface area (Å²) in [5.74, 6) is -0.0949. The summed E-state index contributed by atoms with van der Waals surface area (Å²) in [5, 5.41) is 4.10. The predicted octanol–water partition coefficient (Wildman–Crippen LogP) is 3.87. The normalized spacial score (nSPS) is 15.9. The summed E-state index contributed by atoms with van der Waals surface area (Å²) >= 11 is 1.54. The second-order valence-corrected chi connectivity index (χ2v) is 6.93. The van der Waals surface area contributed by atoms with Crippen LogP contribution in [0.2, 0.25) is 0 Å². The summed E-state index contributed by atoms with van der Waals surface area (Å²) in [6.07, 6.45) is 7.01. The van der Waals surface area contributed by atoms with Crippen LogP contribution in [0.4, 0.5) is 0 Å². The third kappa shape index (κ3) is 2.40. The molecule has 1 aliphatic carbocycles. The maximum absolute atomic E-state index is 13.0. The largest absolute Gasteiger partial charge is 0.341 e. The second kappa shape index (κ2) is 5.98. The van der Waals surface area contributed by atoms with E-state index in [-0.39, 0.29) is 11.4 Å². The Morgan fingerprint density at radius 1 is 1.17 bits per heavy atom. The van der Waals surface area contributed by atoms with E-state index >= 15 is 0 Å². The average Bonchev–Trinajstić information content (AvgIpc) is 2.98. The van der Waals surface area contributed by atoms with Gasteiger partial charge in [-0.15, -0.1) is 0 Å². The molecule has 0 radical (unpaired) electrons. The van der Waals surface area contributed by atoms with E-state index in [0.717, 1.165) is 29.9 Å². The van der Waals surface area contributed by atoms with Crippen LogP contribution in [-0.4, -0.2) is 21.5 Å². The molecule has 2 aromatic heterocycles. The molecule has 122 valence electrons. The molecule has 24 heavy (non-hydrogen) atoms. The molecule has 0 spiro atoms. The quantitative estimate of drug-likeness (QED) is 0.735. The van der Waals surface area contributed by atoms with Gasteiger partial charge in [0.25, 0.3) is 5.91 Å². The highest BCUT2D eigenvalue weighted by atomic mass is 32.2. The van der Waals surface area contributed by atoms with Crippen molar-refractivity contribution in [3.63, 3.8) is 0 Å². The van der Waals surface area contributed by atoms with Gasteiger partial charge in [-0.2, -0.15) is 0 Å². The Hall–Kier alpha value is -2.27. The number of nitrogens with one attached hydrogen (secondary N) is 1. The summed E-state index contributed by atoms with van der Waals surface area (Å²) < 4.78 is 1.97. The lowest BCUT2D eigenvalue weighted by molar-refractivity contribution is 0.0820. The number of hydrogen-bond acceptors (Lipinski definition) is 3. The molecule has 0 bridgehead atoms. The molecule has 1 saturated carbocycles. The molecule has 1 fully saturated rings. The van der Waals surface area contributed by atoms with Crippen LogP contribution in [0.1, 0.15) is 35.3 Å². The first kappa shape index (κ1) is 15.3. The zero-order chi connectivity index (χ0) is 16.6. The van der Waals surface area contributed by atoms with Crippen molar-refractivity contribution in [2.45, 2.75) is 30.0 Å². The van der Waals surface area contributed by atoms with Gasteiger partial charge in [0.15, 0.2) is 10.9 Å². The van der Waals surface area contributed by atoms with E-state index in [0.29, 0.717) is 5.69 Å². The molecular weight excluding hydrogens is 318 g/mol. The van der Waals surface area contributed by atoms with Gasteiger partial charge in [-0.3, -0.25) is 9.20 Å². The number of rotatable bonds is 4. The van der Waals surface area contributed by atoms with Crippen molar-refractivity contribution in [2.75, 3.05) is 6.26 Å². The fourth-order valence-corrected chi connectivity index (χ4v) is 3.91. The monoisotopic (exact) mass is 337 g/mol. The number of amides is 1. The smallest absolute Gasteiger partial charge is 0.272 e.